The van der Waals surface area contributed by atoms with E-state index in [0.29, 0.717) is 17.2 Å². The summed E-state index contributed by atoms with van der Waals surface area (Å²) in [6.07, 6.45) is 7.36. The van der Waals surface area contributed by atoms with Crippen LogP contribution in [0.15, 0.2) is 34.9 Å². The van der Waals surface area contributed by atoms with Crippen molar-refractivity contribution in [2.45, 2.75) is 65.5 Å². The van der Waals surface area contributed by atoms with Gasteiger partial charge in [-0.05, 0) is 49.6 Å². The van der Waals surface area contributed by atoms with E-state index in [4.69, 9.17) is 14.1 Å². The van der Waals surface area contributed by atoms with Gasteiger partial charge in [-0.15, -0.1) is 0 Å². The molecule has 3 aromatic rings. The fourth-order valence-corrected chi connectivity index (χ4v) is 4.20. The third-order valence-corrected chi connectivity index (χ3v) is 5.58. The number of aryl methyl sites for hydroxylation is 1. The molecule has 0 aromatic carbocycles. The molecule has 30 heavy (non-hydrogen) atoms. The minimum atomic E-state index is -0.364. The summed E-state index contributed by atoms with van der Waals surface area (Å²) in [5.41, 5.74) is 2.48. The van der Waals surface area contributed by atoms with Crippen molar-refractivity contribution in [1.29, 1.82) is 0 Å². The fourth-order valence-electron chi connectivity index (χ4n) is 4.20. The lowest BCUT2D eigenvalue weighted by Crippen LogP contribution is -2.41. The summed E-state index contributed by atoms with van der Waals surface area (Å²) in [7, 11) is 0. The Bertz CT molecular complexity index is 1080. The first-order valence-electron chi connectivity index (χ1n) is 10.4. The van der Waals surface area contributed by atoms with E-state index >= 15 is 0 Å². The van der Waals surface area contributed by atoms with Crippen LogP contribution in [0.1, 0.15) is 57.3 Å². The number of hydrogen-bond acceptors (Lipinski definition) is 5. The Kier molecular flexibility index (Phi) is 5.61. The van der Waals surface area contributed by atoms with Crippen LogP contribution in [-0.2, 0) is 20.9 Å². The highest BCUT2D eigenvalue weighted by Crippen LogP contribution is 2.37. The lowest BCUT2D eigenvalue weighted by atomic mass is 9.94. The Morgan fingerprint density at radius 1 is 1.20 bits per heavy atom. The molecule has 0 saturated heterocycles. The first-order chi connectivity index (χ1) is 14.4. The quantitative estimate of drug-likeness (QED) is 0.573. The lowest BCUT2D eigenvalue weighted by molar-refractivity contribution is -0.142. The molecule has 1 aliphatic carbocycles. The van der Waals surface area contributed by atoms with Crippen molar-refractivity contribution in [3.63, 3.8) is 0 Å². The number of aromatic nitrogens is 2. The molecular weight excluding hydrogens is 382 g/mol. The van der Waals surface area contributed by atoms with Crippen molar-refractivity contribution in [3.05, 3.63) is 41.8 Å². The van der Waals surface area contributed by atoms with E-state index in [1.54, 1.807) is 13.0 Å². The van der Waals surface area contributed by atoms with Crippen molar-refractivity contribution in [1.82, 2.24) is 9.38 Å². The zero-order valence-electron chi connectivity index (χ0n) is 17.7. The molecule has 7 heteroatoms. The number of amides is 1. The number of hydrogen-bond donors (Lipinski definition) is 0. The van der Waals surface area contributed by atoms with Gasteiger partial charge in [-0.1, -0.05) is 19.3 Å². The number of fused-ring (bicyclic) bond motifs is 1. The van der Waals surface area contributed by atoms with Gasteiger partial charge in [0, 0.05) is 26.1 Å². The normalized spacial score (nSPS) is 14.8. The molecule has 4 rings (SSSR count). The maximum atomic E-state index is 12.8. The zero-order valence-corrected chi connectivity index (χ0v) is 17.7. The molecule has 1 saturated carbocycles. The maximum absolute atomic E-state index is 12.8. The Hall–Kier alpha value is -3.09. The summed E-state index contributed by atoms with van der Waals surface area (Å²) in [5, 5.41) is 0. The SMILES string of the molecule is CC(=O)OCc1ccc(-c2nc3cc(C)ccn3c2N(C(C)=O)C2CCCCC2)o1. The Balaban J connectivity index is 1.83. The van der Waals surface area contributed by atoms with Crippen LogP contribution in [0.5, 0.6) is 0 Å². The molecule has 1 fully saturated rings. The minimum absolute atomic E-state index is 0.00258. The average Bonchev–Trinajstić information content (AvgIpc) is 3.32. The molecule has 0 bridgehead atoms. The van der Waals surface area contributed by atoms with E-state index < -0.39 is 0 Å². The first-order valence-corrected chi connectivity index (χ1v) is 10.4. The Labute approximate surface area is 175 Å². The summed E-state index contributed by atoms with van der Waals surface area (Å²) in [4.78, 5) is 30.6. The first kappa shape index (κ1) is 20.2. The van der Waals surface area contributed by atoms with Gasteiger partial charge in [-0.2, -0.15) is 0 Å². The fraction of sp³-hybridized carbons (Fsp3) is 0.435. The van der Waals surface area contributed by atoms with E-state index in [0.717, 1.165) is 42.7 Å². The molecule has 7 nitrogen and oxygen atoms in total. The van der Waals surface area contributed by atoms with Gasteiger partial charge in [0.05, 0.1) is 0 Å². The number of nitrogens with zero attached hydrogens (tertiary/aromatic N) is 3. The minimum Gasteiger partial charge on any atom is -0.458 e. The van der Waals surface area contributed by atoms with E-state index in [9.17, 15) is 9.59 Å². The molecule has 1 aliphatic rings. The van der Waals surface area contributed by atoms with Crippen LogP contribution in [0.2, 0.25) is 0 Å². The van der Waals surface area contributed by atoms with Gasteiger partial charge in [0.25, 0.3) is 0 Å². The summed E-state index contributed by atoms with van der Waals surface area (Å²) in [5.74, 6) is 1.45. The molecule has 0 radical (unpaired) electrons. The number of rotatable bonds is 5. The molecule has 158 valence electrons. The number of esters is 1. The number of carbonyl (C=O) groups excluding carboxylic acids is 2. The third-order valence-electron chi connectivity index (χ3n) is 5.58. The van der Waals surface area contributed by atoms with Crippen molar-refractivity contribution in [2.75, 3.05) is 4.90 Å². The molecule has 0 aliphatic heterocycles. The van der Waals surface area contributed by atoms with Gasteiger partial charge in [0.15, 0.2) is 11.6 Å². The van der Waals surface area contributed by atoms with Crippen LogP contribution >= 0.6 is 0 Å². The number of pyridine rings is 1. The summed E-state index contributed by atoms with van der Waals surface area (Å²) in [6, 6.07) is 7.74. The van der Waals surface area contributed by atoms with Gasteiger partial charge in [-0.25, -0.2) is 4.98 Å². The summed E-state index contributed by atoms with van der Waals surface area (Å²) < 4.78 is 13.0. The second-order valence-corrected chi connectivity index (χ2v) is 7.94. The van der Waals surface area contributed by atoms with Gasteiger partial charge in [0.2, 0.25) is 5.91 Å². The predicted molar refractivity (Wildman–Crippen MR) is 113 cm³/mol. The lowest BCUT2D eigenvalue weighted by Gasteiger charge is -2.33. The van der Waals surface area contributed by atoms with E-state index in [2.05, 4.69) is 0 Å². The van der Waals surface area contributed by atoms with Crippen molar-refractivity contribution < 1.29 is 18.7 Å². The van der Waals surface area contributed by atoms with Crippen LogP contribution in [0.25, 0.3) is 17.1 Å². The largest absolute Gasteiger partial charge is 0.458 e. The summed E-state index contributed by atoms with van der Waals surface area (Å²) in [6.45, 7) is 5.06. The molecule has 0 unspecified atom stereocenters. The highest BCUT2D eigenvalue weighted by Gasteiger charge is 2.31. The van der Waals surface area contributed by atoms with E-state index in [-0.39, 0.29) is 24.5 Å². The number of imidazole rings is 1. The highest BCUT2D eigenvalue weighted by atomic mass is 16.5. The standard InChI is InChI=1S/C23H27N3O4/c1-15-11-12-25-21(13-15)24-22(20-10-9-19(30-20)14-29-17(3)28)23(25)26(16(2)27)18-7-5-4-6-8-18/h9-13,18H,4-8,14H2,1-3H3. The monoisotopic (exact) mass is 409 g/mol. The van der Waals surface area contributed by atoms with Crippen molar-refractivity contribution in [2.24, 2.45) is 0 Å². The molecule has 3 heterocycles. The maximum Gasteiger partial charge on any atom is 0.303 e. The Morgan fingerprint density at radius 3 is 2.67 bits per heavy atom. The molecule has 3 aromatic heterocycles. The highest BCUT2D eigenvalue weighted by molar-refractivity contribution is 5.95. The van der Waals surface area contributed by atoms with E-state index in [1.165, 1.54) is 13.3 Å². The topological polar surface area (TPSA) is 77.0 Å². The van der Waals surface area contributed by atoms with Crippen LogP contribution in [-0.4, -0.2) is 27.3 Å². The van der Waals surface area contributed by atoms with Crippen LogP contribution in [0, 0.1) is 6.92 Å². The average molecular weight is 409 g/mol. The predicted octanol–water partition coefficient (Wildman–Crippen LogP) is 4.65. The number of ether oxygens (including phenoxy) is 1. The van der Waals surface area contributed by atoms with Crippen LogP contribution < -0.4 is 4.90 Å². The molecule has 0 N–H and O–H groups in total. The second-order valence-electron chi connectivity index (χ2n) is 7.94. The Morgan fingerprint density at radius 2 is 1.97 bits per heavy atom. The molecular formula is C23H27N3O4. The second kappa shape index (κ2) is 8.34. The van der Waals surface area contributed by atoms with Gasteiger partial charge in [-0.3, -0.25) is 18.9 Å². The van der Waals surface area contributed by atoms with Gasteiger partial charge < -0.3 is 9.15 Å². The molecule has 0 atom stereocenters. The third kappa shape index (κ3) is 3.97. The zero-order chi connectivity index (χ0) is 21.3. The van der Waals surface area contributed by atoms with E-state index in [1.807, 2.05) is 40.6 Å². The number of furan rings is 1. The smallest absolute Gasteiger partial charge is 0.303 e. The number of carbonyl (C=O) groups is 2. The summed E-state index contributed by atoms with van der Waals surface area (Å²) >= 11 is 0. The van der Waals surface area contributed by atoms with Crippen LogP contribution in [0.3, 0.4) is 0 Å². The van der Waals surface area contributed by atoms with Crippen LogP contribution in [0.4, 0.5) is 5.82 Å². The van der Waals surface area contributed by atoms with Gasteiger partial charge >= 0.3 is 5.97 Å². The number of anilines is 1. The van der Waals surface area contributed by atoms with Gasteiger partial charge in [0.1, 0.15) is 23.7 Å². The molecule has 1 amide bonds. The molecule has 0 spiro atoms. The van der Waals surface area contributed by atoms with Crippen molar-refractivity contribution >= 4 is 23.3 Å². The van der Waals surface area contributed by atoms with Crippen molar-refractivity contribution in [3.8, 4) is 11.5 Å².